The molecule has 2 rings (SSSR count). The van der Waals surface area contributed by atoms with Crippen LogP contribution in [0.1, 0.15) is 31.2 Å². The molecule has 82 valence electrons. The molecule has 0 amide bonds. The van der Waals surface area contributed by atoms with Crippen molar-refractivity contribution < 1.29 is 5.11 Å². The van der Waals surface area contributed by atoms with Crippen molar-refractivity contribution in [3.05, 3.63) is 23.9 Å². The highest BCUT2D eigenvalue weighted by atomic mass is 16.3. The van der Waals surface area contributed by atoms with Gasteiger partial charge in [0.05, 0.1) is 6.10 Å². The van der Waals surface area contributed by atoms with Gasteiger partial charge in [-0.1, -0.05) is 6.07 Å². The second-order valence-electron chi connectivity index (χ2n) is 4.32. The molecule has 1 fully saturated rings. The third kappa shape index (κ3) is 2.69. The average Bonchev–Trinajstić information content (AvgIpc) is 2.25. The quantitative estimate of drug-likeness (QED) is 0.779. The number of aromatic nitrogens is 1. The van der Waals surface area contributed by atoms with E-state index in [1.54, 1.807) is 0 Å². The predicted molar refractivity (Wildman–Crippen MR) is 60.9 cm³/mol. The topological polar surface area (TPSA) is 45.2 Å². The van der Waals surface area contributed by atoms with Gasteiger partial charge < -0.3 is 10.4 Å². The lowest BCUT2D eigenvalue weighted by Gasteiger charge is -2.27. The van der Waals surface area contributed by atoms with Crippen molar-refractivity contribution in [2.75, 3.05) is 5.32 Å². The van der Waals surface area contributed by atoms with Gasteiger partial charge in [0.1, 0.15) is 5.82 Å². The van der Waals surface area contributed by atoms with Gasteiger partial charge in [-0.05, 0) is 44.2 Å². The van der Waals surface area contributed by atoms with Gasteiger partial charge in [0.2, 0.25) is 0 Å². The average molecular weight is 206 g/mol. The zero-order valence-electron chi connectivity index (χ0n) is 9.11. The minimum absolute atomic E-state index is 0.0899. The number of pyridine rings is 1. The predicted octanol–water partition coefficient (Wildman–Crippen LogP) is 2.11. The summed E-state index contributed by atoms with van der Waals surface area (Å²) in [5.41, 5.74) is 1.18. The van der Waals surface area contributed by atoms with Crippen LogP contribution in [0.3, 0.4) is 0 Å². The van der Waals surface area contributed by atoms with E-state index in [0.717, 1.165) is 31.5 Å². The molecule has 1 aliphatic carbocycles. The molecule has 1 aromatic rings. The Kier molecular flexibility index (Phi) is 3.21. The summed E-state index contributed by atoms with van der Waals surface area (Å²) in [6.07, 6.45) is 5.61. The van der Waals surface area contributed by atoms with E-state index in [2.05, 4.69) is 23.3 Å². The molecule has 1 saturated carbocycles. The Hall–Kier alpha value is -1.09. The molecule has 0 spiro atoms. The maximum atomic E-state index is 9.40. The summed E-state index contributed by atoms with van der Waals surface area (Å²) in [7, 11) is 0. The van der Waals surface area contributed by atoms with Crippen molar-refractivity contribution in [3.8, 4) is 0 Å². The van der Waals surface area contributed by atoms with Gasteiger partial charge in [0.25, 0.3) is 0 Å². The Morgan fingerprint density at radius 2 is 2.07 bits per heavy atom. The van der Waals surface area contributed by atoms with Crippen LogP contribution >= 0.6 is 0 Å². The molecule has 0 atom stereocenters. The maximum Gasteiger partial charge on any atom is 0.129 e. The Balaban J connectivity index is 1.95. The minimum Gasteiger partial charge on any atom is -0.393 e. The monoisotopic (exact) mass is 206 g/mol. The molecule has 1 heterocycles. The second-order valence-corrected chi connectivity index (χ2v) is 4.32. The summed E-state index contributed by atoms with van der Waals surface area (Å²) < 4.78 is 0. The zero-order valence-corrected chi connectivity index (χ0v) is 9.11. The molecule has 0 aromatic carbocycles. The van der Waals surface area contributed by atoms with E-state index in [-0.39, 0.29) is 6.10 Å². The Morgan fingerprint density at radius 1 is 1.33 bits per heavy atom. The molecular weight excluding hydrogens is 188 g/mol. The van der Waals surface area contributed by atoms with Crippen LogP contribution in [0.25, 0.3) is 0 Å². The molecule has 0 unspecified atom stereocenters. The summed E-state index contributed by atoms with van der Waals surface area (Å²) in [5.74, 6) is 0.985. The number of nitrogens with one attached hydrogen (secondary N) is 1. The molecule has 1 aliphatic rings. The van der Waals surface area contributed by atoms with E-state index < -0.39 is 0 Å². The Morgan fingerprint density at radius 3 is 2.73 bits per heavy atom. The van der Waals surface area contributed by atoms with Crippen molar-refractivity contribution >= 4 is 5.82 Å². The highest BCUT2D eigenvalue weighted by Crippen LogP contribution is 2.22. The molecule has 0 bridgehead atoms. The van der Waals surface area contributed by atoms with Gasteiger partial charge in [0.15, 0.2) is 0 Å². The largest absolute Gasteiger partial charge is 0.393 e. The lowest BCUT2D eigenvalue weighted by Crippen LogP contribution is -2.28. The normalized spacial score (nSPS) is 26.3. The first-order valence-corrected chi connectivity index (χ1v) is 5.62. The van der Waals surface area contributed by atoms with E-state index in [0.29, 0.717) is 6.04 Å². The van der Waals surface area contributed by atoms with Gasteiger partial charge in [-0.15, -0.1) is 0 Å². The number of anilines is 1. The maximum absolute atomic E-state index is 9.40. The number of aryl methyl sites for hydroxylation is 1. The van der Waals surface area contributed by atoms with Crippen LogP contribution in [0.15, 0.2) is 18.3 Å². The zero-order chi connectivity index (χ0) is 10.7. The summed E-state index contributed by atoms with van der Waals surface area (Å²) in [5, 5.41) is 12.9. The summed E-state index contributed by atoms with van der Waals surface area (Å²) in [4.78, 5) is 4.32. The number of aliphatic hydroxyl groups is 1. The first-order valence-electron chi connectivity index (χ1n) is 5.62. The standard InChI is InChI=1S/C12H18N2O/c1-9-3-2-8-13-12(9)14-10-4-6-11(15)7-5-10/h2-3,8,10-11,15H,4-7H2,1H3,(H,13,14)/t10-,11-. The number of nitrogens with zero attached hydrogens (tertiary/aromatic N) is 1. The van der Waals surface area contributed by atoms with E-state index in [1.165, 1.54) is 5.56 Å². The van der Waals surface area contributed by atoms with Crippen LogP contribution in [0.2, 0.25) is 0 Å². The van der Waals surface area contributed by atoms with Gasteiger partial charge in [0, 0.05) is 12.2 Å². The first-order chi connectivity index (χ1) is 7.25. The lowest BCUT2D eigenvalue weighted by atomic mass is 9.93. The molecule has 3 nitrogen and oxygen atoms in total. The second kappa shape index (κ2) is 4.62. The van der Waals surface area contributed by atoms with Crippen LogP contribution in [0, 0.1) is 6.92 Å². The van der Waals surface area contributed by atoms with Gasteiger partial charge in [-0.3, -0.25) is 0 Å². The van der Waals surface area contributed by atoms with E-state index in [1.807, 2.05) is 12.3 Å². The molecule has 15 heavy (non-hydrogen) atoms. The van der Waals surface area contributed by atoms with Gasteiger partial charge >= 0.3 is 0 Å². The lowest BCUT2D eigenvalue weighted by molar-refractivity contribution is 0.126. The van der Waals surface area contributed by atoms with Crippen molar-refractivity contribution in [3.63, 3.8) is 0 Å². The summed E-state index contributed by atoms with van der Waals surface area (Å²) in [6, 6.07) is 4.49. The molecule has 1 aromatic heterocycles. The number of hydrogen-bond acceptors (Lipinski definition) is 3. The third-order valence-corrected chi connectivity index (χ3v) is 3.05. The van der Waals surface area contributed by atoms with Crippen LogP contribution in [0.5, 0.6) is 0 Å². The van der Waals surface area contributed by atoms with Crippen LogP contribution < -0.4 is 5.32 Å². The summed E-state index contributed by atoms with van der Waals surface area (Å²) >= 11 is 0. The fraction of sp³-hybridized carbons (Fsp3) is 0.583. The van der Waals surface area contributed by atoms with Gasteiger partial charge in [-0.2, -0.15) is 0 Å². The smallest absolute Gasteiger partial charge is 0.129 e. The van der Waals surface area contributed by atoms with E-state index in [4.69, 9.17) is 0 Å². The number of rotatable bonds is 2. The van der Waals surface area contributed by atoms with Crippen LogP contribution in [-0.2, 0) is 0 Å². The fourth-order valence-electron chi connectivity index (χ4n) is 2.05. The van der Waals surface area contributed by atoms with E-state index in [9.17, 15) is 5.11 Å². The molecular formula is C12H18N2O. The molecule has 3 heteroatoms. The highest BCUT2D eigenvalue weighted by Gasteiger charge is 2.19. The van der Waals surface area contributed by atoms with Crippen LogP contribution in [-0.4, -0.2) is 22.2 Å². The molecule has 0 saturated heterocycles. The van der Waals surface area contributed by atoms with Crippen molar-refractivity contribution in [2.24, 2.45) is 0 Å². The Labute approximate surface area is 90.5 Å². The van der Waals surface area contributed by atoms with Crippen molar-refractivity contribution in [1.82, 2.24) is 4.98 Å². The van der Waals surface area contributed by atoms with E-state index >= 15 is 0 Å². The molecule has 0 aliphatic heterocycles. The van der Waals surface area contributed by atoms with Crippen molar-refractivity contribution in [1.29, 1.82) is 0 Å². The Bertz CT molecular complexity index is 319. The van der Waals surface area contributed by atoms with Gasteiger partial charge in [-0.25, -0.2) is 4.98 Å². The SMILES string of the molecule is Cc1cccnc1N[C@H]1CC[C@H](O)CC1. The van der Waals surface area contributed by atoms with Crippen LogP contribution in [0.4, 0.5) is 5.82 Å². The number of hydrogen-bond donors (Lipinski definition) is 2. The number of aliphatic hydroxyl groups excluding tert-OH is 1. The third-order valence-electron chi connectivity index (χ3n) is 3.05. The minimum atomic E-state index is -0.0899. The first kappa shape index (κ1) is 10.4. The molecule has 0 radical (unpaired) electrons. The summed E-state index contributed by atoms with van der Waals surface area (Å²) in [6.45, 7) is 2.06. The van der Waals surface area contributed by atoms with Crippen molar-refractivity contribution in [2.45, 2.75) is 44.8 Å². The fourth-order valence-corrected chi connectivity index (χ4v) is 2.05. The molecule has 2 N–H and O–H groups in total. The highest BCUT2D eigenvalue weighted by molar-refractivity contribution is 5.43.